The van der Waals surface area contributed by atoms with Gasteiger partial charge < -0.3 is 14.0 Å². The molecule has 5 heteroatoms. The molecule has 25 heavy (non-hydrogen) atoms. The first-order valence-corrected chi connectivity index (χ1v) is 8.28. The first-order chi connectivity index (χ1) is 12.1. The number of ether oxygens (including phenoxy) is 2. The molecule has 1 aromatic carbocycles. The fourth-order valence-electron chi connectivity index (χ4n) is 3.11. The standard InChI is InChI=1S/C20H20N2O3/c1-4-8-22-13(2)9-17(14(22)3)19(23)16(11-21)10-15-6-5-7-18-20(15)25-12-24-18/h5-7,9-10H,4,8,12H2,1-3H3/b16-10+. The molecule has 5 nitrogen and oxygen atoms in total. The summed E-state index contributed by atoms with van der Waals surface area (Å²) >= 11 is 0. The van der Waals surface area contributed by atoms with Crippen LogP contribution in [0.5, 0.6) is 11.5 Å². The molecule has 1 aliphatic heterocycles. The van der Waals surface area contributed by atoms with E-state index in [-0.39, 0.29) is 18.1 Å². The SMILES string of the molecule is CCCn1c(C)cc(C(=O)/C(C#N)=C/c2cccc3c2OCO3)c1C. The molecule has 2 aromatic rings. The van der Waals surface area contributed by atoms with Gasteiger partial charge in [-0.05, 0) is 38.5 Å². The van der Waals surface area contributed by atoms with Crippen molar-refractivity contribution in [2.45, 2.75) is 33.7 Å². The molecule has 0 bridgehead atoms. The molecule has 0 saturated carbocycles. The van der Waals surface area contributed by atoms with Crippen molar-refractivity contribution in [2.24, 2.45) is 0 Å². The van der Waals surface area contributed by atoms with E-state index in [9.17, 15) is 10.1 Å². The van der Waals surface area contributed by atoms with Crippen LogP contribution in [-0.4, -0.2) is 17.1 Å². The number of ketones is 1. The summed E-state index contributed by atoms with van der Waals surface area (Å²) in [5.74, 6) is 0.925. The molecule has 0 saturated heterocycles. The van der Waals surface area contributed by atoms with Gasteiger partial charge in [0, 0.05) is 29.1 Å². The maximum atomic E-state index is 12.9. The second-order valence-electron chi connectivity index (χ2n) is 6.02. The first-order valence-electron chi connectivity index (χ1n) is 8.28. The number of aromatic nitrogens is 1. The molecule has 0 N–H and O–H groups in total. The Bertz CT molecular complexity index is 900. The number of aryl methyl sites for hydroxylation is 1. The van der Waals surface area contributed by atoms with E-state index in [1.54, 1.807) is 18.2 Å². The summed E-state index contributed by atoms with van der Waals surface area (Å²) in [6.45, 7) is 6.99. The zero-order chi connectivity index (χ0) is 18.0. The smallest absolute Gasteiger partial charge is 0.231 e. The topological polar surface area (TPSA) is 64.2 Å². The molecule has 2 heterocycles. The number of hydrogen-bond acceptors (Lipinski definition) is 4. The van der Waals surface area contributed by atoms with Crippen molar-refractivity contribution in [3.05, 3.63) is 52.4 Å². The van der Waals surface area contributed by atoms with Gasteiger partial charge in [0.25, 0.3) is 0 Å². The fourth-order valence-corrected chi connectivity index (χ4v) is 3.11. The highest BCUT2D eigenvalue weighted by Gasteiger charge is 2.21. The number of benzene rings is 1. The Balaban J connectivity index is 2.00. The number of fused-ring (bicyclic) bond motifs is 1. The minimum Gasteiger partial charge on any atom is -0.454 e. The van der Waals surface area contributed by atoms with Gasteiger partial charge in [0.1, 0.15) is 11.6 Å². The minimum absolute atomic E-state index is 0.0839. The second kappa shape index (κ2) is 6.86. The number of Topliss-reactive ketones (excluding diaryl/α,β-unsaturated/α-hetero) is 1. The molecule has 1 aliphatic rings. The lowest BCUT2D eigenvalue weighted by atomic mass is 10.0. The van der Waals surface area contributed by atoms with Gasteiger partial charge in [-0.2, -0.15) is 5.26 Å². The predicted molar refractivity (Wildman–Crippen MR) is 94.7 cm³/mol. The van der Waals surface area contributed by atoms with Crippen molar-refractivity contribution < 1.29 is 14.3 Å². The predicted octanol–water partition coefficient (Wildman–Crippen LogP) is 4.03. The largest absolute Gasteiger partial charge is 0.454 e. The van der Waals surface area contributed by atoms with E-state index in [2.05, 4.69) is 11.5 Å². The number of nitriles is 1. The number of nitrogens with zero attached hydrogens (tertiary/aromatic N) is 2. The molecule has 0 atom stereocenters. The highest BCUT2D eigenvalue weighted by molar-refractivity contribution is 6.15. The van der Waals surface area contributed by atoms with Crippen LogP contribution in [0.4, 0.5) is 0 Å². The fraction of sp³-hybridized carbons (Fsp3) is 0.300. The Morgan fingerprint density at radius 2 is 2.16 bits per heavy atom. The summed E-state index contributed by atoms with van der Waals surface area (Å²) in [4.78, 5) is 12.9. The zero-order valence-electron chi connectivity index (χ0n) is 14.6. The van der Waals surface area contributed by atoms with Crippen LogP contribution in [0.1, 0.15) is 40.7 Å². The summed E-state index contributed by atoms with van der Waals surface area (Å²) < 4.78 is 12.9. The van der Waals surface area contributed by atoms with Crippen LogP contribution in [0.2, 0.25) is 0 Å². The van der Waals surface area contributed by atoms with E-state index in [4.69, 9.17) is 9.47 Å². The maximum Gasteiger partial charge on any atom is 0.231 e. The van der Waals surface area contributed by atoms with E-state index in [0.717, 1.165) is 24.4 Å². The molecule has 1 aromatic heterocycles. The number of allylic oxidation sites excluding steroid dienone is 1. The van der Waals surface area contributed by atoms with E-state index in [0.29, 0.717) is 22.6 Å². The van der Waals surface area contributed by atoms with Crippen LogP contribution in [-0.2, 0) is 6.54 Å². The van der Waals surface area contributed by atoms with Gasteiger partial charge in [-0.1, -0.05) is 19.1 Å². The normalized spacial score (nSPS) is 13.0. The van der Waals surface area contributed by atoms with Crippen LogP contribution in [0, 0.1) is 25.2 Å². The Kier molecular flexibility index (Phi) is 4.62. The van der Waals surface area contributed by atoms with Crippen LogP contribution >= 0.6 is 0 Å². The van der Waals surface area contributed by atoms with E-state index in [1.165, 1.54) is 0 Å². The van der Waals surface area contributed by atoms with Crippen LogP contribution in [0.25, 0.3) is 6.08 Å². The van der Waals surface area contributed by atoms with E-state index < -0.39 is 0 Å². The molecular weight excluding hydrogens is 316 g/mol. The van der Waals surface area contributed by atoms with Crippen LogP contribution in [0.15, 0.2) is 29.8 Å². The van der Waals surface area contributed by atoms with Gasteiger partial charge in [0.2, 0.25) is 12.6 Å². The van der Waals surface area contributed by atoms with Crippen molar-refractivity contribution in [1.29, 1.82) is 5.26 Å². The minimum atomic E-state index is -0.269. The third-order valence-electron chi connectivity index (χ3n) is 4.36. The molecule has 0 aliphatic carbocycles. The van der Waals surface area contributed by atoms with Gasteiger partial charge in [-0.25, -0.2) is 0 Å². The Morgan fingerprint density at radius 3 is 2.88 bits per heavy atom. The Morgan fingerprint density at radius 1 is 1.36 bits per heavy atom. The molecule has 3 rings (SSSR count). The third kappa shape index (κ3) is 3.03. The number of rotatable bonds is 5. The molecular formula is C20H20N2O3. The van der Waals surface area contributed by atoms with Gasteiger partial charge >= 0.3 is 0 Å². The van der Waals surface area contributed by atoms with E-state index in [1.807, 2.05) is 32.0 Å². The lowest BCUT2D eigenvalue weighted by molar-refractivity contribution is 0.103. The average Bonchev–Trinajstić information content (AvgIpc) is 3.19. The first kappa shape index (κ1) is 16.8. The van der Waals surface area contributed by atoms with E-state index >= 15 is 0 Å². The Labute approximate surface area is 147 Å². The maximum absolute atomic E-state index is 12.9. The van der Waals surface area contributed by atoms with Crippen molar-refractivity contribution in [3.8, 4) is 17.6 Å². The van der Waals surface area contributed by atoms with Gasteiger partial charge in [-0.3, -0.25) is 4.79 Å². The highest BCUT2D eigenvalue weighted by Crippen LogP contribution is 2.36. The number of hydrogen-bond donors (Lipinski definition) is 0. The summed E-state index contributed by atoms with van der Waals surface area (Å²) in [7, 11) is 0. The zero-order valence-corrected chi connectivity index (χ0v) is 14.6. The number of carbonyl (C=O) groups is 1. The van der Waals surface area contributed by atoms with Gasteiger partial charge in [0.15, 0.2) is 11.5 Å². The monoisotopic (exact) mass is 336 g/mol. The summed E-state index contributed by atoms with van der Waals surface area (Å²) in [6.07, 6.45) is 2.56. The quantitative estimate of drug-likeness (QED) is 0.470. The van der Waals surface area contributed by atoms with Gasteiger partial charge in [0.05, 0.1) is 0 Å². The van der Waals surface area contributed by atoms with Crippen molar-refractivity contribution >= 4 is 11.9 Å². The number of para-hydroxylation sites is 1. The van der Waals surface area contributed by atoms with Gasteiger partial charge in [-0.15, -0.1) is 0 Å². The summed E-state index contributed by atoms with van der Waals surface area (Å²) in [5.41, 5.74) is 3.24. The summed E-state index contributed by atoms with van der Waals surface area (Å²) in [5, 5.41) is 9.52. The highest BCUT2D eigenvalue weighted by atomic mass is 16.7. The molecule has 0 unspecified atom stereocenters. The van der Waals surface area contributed by atoms with Crippen molar-refractivity contribution in [2.75, 3.05) is 6.79 Å². The molecule has 0 spiro atoms. The Hall–Kier alpha value is -3.00. The lowest BCUT2D eigenvalue weighted by Gasteiger charge is -2.07. The number of carbonyl (C=O) groups excluding carboxylic acids is 1. The molecule has 128 valence electrons. The summed E-state index contributed by atoms with van der Waals surface area (Å²) in [6, 6.07) is 9.30. The lowest BCUT2D eigenvalue weighted by Crippen LogP contribution is -2.06. The van der Waals surface area contributed by atoms with Crippen molar-refractivity contribution in [3.63, 3.8) is 0 Å². The third-order valence-corrected chi connectivity index (χ3v) is 4.36. The second-order valence-corrected chi connectivity index (χ2v) is 6.02. The van der Waals surface area contributed by atoms with Crippen molar-refractivity contribution in [1.82, 2.24) is 4.57 Å². The molecule has 0 radical (unpaired) electrons. The van der Waals surface area contributed by atoms with Crippen LogP contribution < -0.4 is 9.47 Å². The van der Waals surface area contributed by atoms with Crippen LogP contribution in [0.3, 0.4) is 0 Å². The average molecular weight is 336 g/mol. The molecule has 0 fully saturated rings. The molecule has 0 amide bonds.